The van der Waals surface area contributed by atoms with E-state index < -0.39 is 0 Å². The highest BCUT2D eigenvalue weighted by atomic mass is 35.5. The number of aromatic nitrogens is 1. The first-order valence-electron chi connectivity index (χ1n) is 8.32. The summed E-state index contributed by atoms with van der Waals surface area (Å²) in [5.74, 6) is 2.82. The van der Waals surface area contributed by atoms with E-state index in [0.29, 0.717) is 5.15 Å². The number of likely N-dealkylation sites (tertiary alicyclic amines) is 1. The summed E-state index contributed by atoms with van der Waals surface area (Å²) in [5.41, 5.74) is 1.20. The summed E-state index contributed by atoms with van der Waals surface area (Å²) in [5, 5.41) is 4.05. The van der Waals surface area contributed by atoms with E-state index >= 15 is 0 Å². The third-order valence-corrected chi connectivity index (χ3v) is 5.20. The quantitative estimate of drug-likeness (QED) is 0.529. The van der Waals surface area contributed by atoms with Crippen LogP contribution in [0.25, 0.3) is 0 Å². The standard InChI is InChI=1S/C17H25ClN4/c1-19-17(20-9-8-13-6-7-16(18)21-10-13)22-11-14-4-2-3-5-15(14)12-22/h6-7,10,14-15H,2-5,8-9,11-12H2,1H3,(H,19,20). The van der Waals surface area contributed by atoms with Gasteiger partial charge in [0.25, 0.3) is 0 Å². The molecule has 2 fully saturated rings. The highest BCUT2D eigenvalue weighted by molar-refractivity contribution is 6.29. The molecule has 1 saturated carbocycles. The van der Waals surface area contributed by atoms with Crippen LogP contribution >= 0.6 is 11.6 Å². The molecule has 1 aromatic heterocycles. The number of hydrogen-bond acceptors (Lipinski definition) is 2. The monoisotopic (exact) mass is 320 g/mol. The van der Waals surface area contributed by atoms with Gasteiger partial charge in [-0.05, 0) is 42.7 Å². The van der Waals surface area contributed by atoms with Crippen molar-refractivity contribution in [3.8, 4) is 0 Å². The Kier molecular flexibility index (Phi) is 5.19. The van der Waals surface area contributed by atoms with Crippen molar-refractivity contribution in [2.24, 2.45) is 16.8 Å². The number of rotatable bonds is 3. The van der Waals surface area contributed by atoms with Gasteiger partial charge in [0.2, 0.25) is 0 Å². The minimum absolute atomic E-state index is 0.548. The molecule has 1 N–H and O–H groups in total. The van der Waals surface area contributed by atoms with Gasteiger partial charge in [0, 0.05) is 32.9 Å². The maximum atomic E-state index is 5.81. The summed E-state index contributed by atoms with van der Waals surface area (Å²) < 4.78 is 0. The third-order valence-electron chi connectivity index (χ3n) is 4.97. The van der Waals surface area contributed by atoms with Gasteiger partial charge in [-0.25, -0.2) is 4.98 Å². The lowest BCUT2D eigenvalue weighted by atomic mass is 9.82. The van der Waals surface area contributed by atoms with Crippen molar-refractivity contribution in [1.82, 2.24) is 15.2 Å². The Labute approximate surface area is 138 Å². The minimum Gasteiger partial charge on any atom is -0.356 e. The van der Waals surface area contributed by atoms with E-state index in [0.717, 1.165) is 30.8 Å². The SMILES string of the molecule is CN=C(NCCc1ccc(Cl)nc1)N1CC2CCCCC2C1. The number of aliphatic imine (C=N–C) groups is 1. The van der Waals surface area contributed by atoms with E-state index in [1.165, 1.54) is 44.3 Å². The first kappa shape index (κ1) is 15.6. The number of nitrogens with one attached hydrogen (secondary N) is 1. The van der Waals surface area contributed by atoms with Crippen LogP contribution in [0.5, 0.6) is 0 Å². The molecular weight excluding hydrogens is 296 g/mol. The van der Waals surface area contributed by atoms with E-state index in [1.807, 2.05) is 25.4 Å². The lowest BCUT2D eigenvalue weighted by molar-refractivity contribution is 0.299. The summed E-state index contributed by atoms with van der Waals surface area (Å²) in [6.45, 7) is 3.22. The first-order chi connectivity index (χ1) is 10.8. The average molecular weight is 321 g/mol. The van der Waals surface area contributed by atoms with Crippen LogP contribution < -0.4 is 5.32 Å². The molecule has 2 atom stereocenters. The zero-order chi connectivity index (χ0) is 15.4. The van der Waals surface area contributed by atoms with Gasteiger partial charge >= 0.3 is 0 Å². The lowest BCUT2D eigenvalue weighted by Crippen LogP contribution is -2.41. The largest absolute Gasteiger partial charge is 0.356 e. The molecule has 22 heavy (non-hydrogen) atoms. The van der Waals surface area contributed by atoms with E-state index in [9.17, 15) is 0 Å². The predicted octanol–water partition coefficient (Wildman–Crippen LogP) is 2.97. The van der Waals surface area contributed by atoms with E-state index in [4.69, 9.17) is 11.6 Å². The zero-order valence-corrected chi connectivity index (χ0v) is 14.0. The second-order valence-electron chi connectivity index (χ2n) is 6.42. The summed E-state index contributed by atoms with van der Waals surface area (Å²) in [6.07, 6.45) is 8.39. The summed E-state index contributed by atoms with van der Waals surface area (Å²) in [4.78, 5) is 11.0. The van der Waals surface area contributed by atoms with Crippen molar-refractivity contribution in [2.75, 3.05) is 26.7 Å². The van der Waals surface area contributed by atoms with Crippen LogP contribution in [0.2, 0.25) is 5.15 Å². The number of nitrogens with zero attached hydrogens (tertiary/aromatic N) is 3. The molecule has 2 heterocycles. The fourth-order valence-electron chi connectivity index (χ4n) is 3.78. The molecule has 2 unspecified atom stereocenters. The maximum Gasteiger partial charge on any atom is 0.193 e. The lowest BCUT2D eigenvalue weighted by Gasteiger charge is -2.22. The molecule has 120 valence electrons. The van der Waals surface area contributed by atoms with Crippen LogP contribution in [0.1, 0.15) is 31.2 Å². The van der Waals surface area contributed by atoms with Gasteiger partial charge in [0.1, 0.15) is 5.15 Å². The predicted molar refractivity (Wildman–Crippen MR) is 91.3 cm³/mol. The Morgan fingerprint density at radius 2 is 2.05 bits per heavy atom. The molecule has 0 amide bonds. The van der Waals surface area contributed by atoms with Crippen molar-refractivity contribution in [3.05, 3.63) is 29.0 Å². The Balaban J connectivity index is 1.49. The van der Waals surface area contributed by atoms with Crippen molar-refractivity contribution in [2.45, 2.75) is 32.1 Å². The van der Waals surface area contributed by atoms with Gasteiger partial charge in [0.05, 0.1) is 0 Å². The van der Waals surface area contributed by atoms with Crippen molar-refractivity contribution < 1.29 is 0 Å². The molecular formula is C17H25ClN4. The summed E-state index contributed by atoms with van der Waals surface area (Å²) >= 11 is 5.81. The van der Waals surface area contributed by atoms with Gasteiger partial charge in [-0.2, -0.15) is 0 Å². The molecule has 4 nitrogen and oxygen atoms in total. The van der Waals surface area contributed by atoms with E-state index in [-0.39, 0.29) is 0 Å². The normalized spacial score (nSPS) is 25.2. The first-order valence-corrected chi connectivity index (χ1v) is 8.70. The Morgan fingerprint density at radius 1 is 1.32 bits per heavy atom. The second kappa shape index (κ2) is 7.32. The fraction of sp³-hybridized carbons (Fsp3) is 0.647. The molecule has 0 spiro atoms. The van der Waals surface area contributed by atoms with Gasteiger partial charge in [-0.3, -0.25) is 4.99 Å². The Bertz CT molecular complexity index is 500. The average Bonchev–Trinajstić information content (AvgIpc) is 2.97. The van der Waals surface area contributed by atoms with Crippen LogP contribution in [0.4, 0.5) is 0 Å². The second-order valence-corrected chi connectivity index (χ2v) is 6.81. The number of guanidine groups is 1. The zero-order valence-electron chi connectivity index (χ0n) is 13.3. The van der Waals surface area contributed by atoms with Crippen LogP contribution in [0.15, 0.2) is 23.3 Å². The molecule has 3 rings (SSSR count). The smallest absolute Gasteiger partial charge is 0.193 e. The van der Waals surface area contributed by atoms with Crippen LogP contribution in [0.3, 0.4) is 0 Å². The van der Waals surface area contributed by atoms with Gasteiger partial charge in [-0.15, -0.1) is 0 Å². The molecule has 1 saturated heterocycles. The maximum absolute atomic E-state index is 5.81. The van der Waals surface area contributed by atoms with E-state index in [1.54, 1.807) is 0 Å². The molecule has 1 aliphatic heterocycles. The highest BCUT2D eigenvalue weighted by Crippen LogP contribution is 2.35. The van der Waals surface area contributed by atoms with E-state index in [2.05, 4.69) is 20.2 Å². The molecule has 0 bridgehead atoms. The number of pyridine rings is 1. The molecule has 1 aromatic rings. The molecule has 0 aromatic carbocycles. The topological polar surface area (TPSA) is 40.5 Å². The van der Waals surface area contributed by atoms with Gasteiger partial charge in [0.15, 0.2) is 5.96 Å². The van der Waals surface area contributed by atoms with Crippen LogP contribution in [0, 0.1) is 11.8 Å². The minimum atomic E-state index is 0.548. The van der Waals surface area contributed by atoms with Crippen molar-refractivity contribution in [3.63, 3.8) is 0 Å². The van der Waals surface area contributed by atoms with Crippen molar-refractivity contribution >= 4 is 17.6 Å². The van der Waals surface area contributed by atoms with Crippen molar-refractivity contribution in [1.29, 1.82) is 0 Å². The number of fused-ring (bicyclic) bond motifs is 1. The summed E-state index contributed by atoms with van der Waals surface area (Å²) in [7, 11) is 1.88. The highest BCUT2D eigenvalue weighted by Gasteiger charge is 2.35. The van der Waals surface area contributed by atoms with Gasteiger partial charge < -0.3 is 10.2 Å². The Hall–Kier alpha value is -1.29. The summed E-state index contributed by atoms with van der Waals surface area (Å²) in [6, 6.07) is 3.88. The molecule has 0 radical (unpaired) electrons. The third kappa shape index (κ3) is 3.72. The number of halogens is 1. The molecule has 1 aliphatic carbocycles. The molecule has 5 heteroatoms. The number of hydrogen-bond donors (Lipinski definition) is 1. The van der Waals surface area contributed by atoms with Crippen LogP contribution in [-0.2, 0) is 6.42 Å². The fourth-order valence-corrected chi connectivity index (χ4v) is 3.90. The van der Waals surface area contributed by atoms with Crippen LogP contribution in [-0.4, -0.2) is 42.5 Å². The molecule has 2 aliphatic rings. The Morgan fingerprint density at radius 3 is 2.64 bits per heavy atom. The van der Waals surface area contributed by atoms with Gasteiger partial charge in [-0.1, -0.05) is 30.5 Å².